The van der Waals surface area contributed by atoms with Crippen LogP contribution in [-0.4, -0.2) is 35.0 Å². The van der Waals surface area contributed by atoms with Gasteiger partial charge in [0.2, 0.25) is 11.2 Å². The van der Waals surface area contributed by atoms with Crippen molar-refractivity contribution in [1.29, 1.82) is 0 Å². The normalized spacial score (nSPS) is 11.5. The molecule has 0 bridgehead atoms. The van der Waals surface area contributed by atoms with Crippen molar-refractivity contribution in [3.05, 3.63) is 46.1 Å². The Morgan fingerprint density at radius 1 is 0.702 bits per heavy atom. The van der Waals surface area contributed by atoms with E-state index < -0.39 is 46.9 Å². The van der Waals surface area contributed by atoms with E-state index in [1.54, 1.807) is 34.6 Å². The van der Waals surface area contributed by atoms with Gasteiger partial charge in [0.25, 0.3) is 0 Å². The van der Waals surface area contributed by atoms with Crippen molar-refractivity contribution in [1.82, 2.24) is 0 Å². The first-order valence-electron chi connectivity index (χ1n) is 15.8. The molecule has 3 aromatic rings. The van der Waals surface area contributed by atoms with Gasteiger partial charge in [-0.25, -0.2) is 0 Å². The van der Waals surface area contributed by atoms with E-state index in [1.165, 1.54) is 30.3 Å². The summed E-state index contributed by atoms with van der Waals surface area (Å²) in [7, 11) is 0. The van der Waals surface area contributed by atoms with Crippen molar-refractivity contribution in [3.63, 3.8) is 0 Å². The molecule has 1 aromatic heterocycles. The molecule has 0 aliphatic heterocycles. The monoisotopic (exact) mass is 652 g/mol. The van der Waals surface area contributed by atoms with E-state index in [1.807, 2.05) is 0 Å². The van der Waals surface area contributed by atoms with E-state index in [4.69, 9.17) is 23.4 Å². The van der Waals surface area contributed by atoms with Crippen LogP contribution in [0.15, 0.2) is 39.5 Å². The Morgan fingerprint density at radius 2 is 1.23 bits per heavy atom. The second-order valence-corrected chi connectivity index (χ2v) is 10.8. The van der Waals surface area contributed by atoms with E-state index in [9.17, 15) is 33.9 Å². The van der Waals surface area contributed by atoms with Crippen molar-refractivity contribution in [2.24, 2.45) is 0 Å². The molecule has 252 valence electrons. The zero-order chi connectivity index (χ0) is 34.7. The summed E-state index contributed by atoms with van der Waals surface area (Å²) in [5.41, 5.74) is -0.686. The molecule has 1 atom stereocenters. The molecular weight excluding hydrogens is 612 g/mol. The third kappa shape index (κ3) is 9.27. The van der Waals surface area contributed by atoms with Crippen LogP contribution < -0.4 is 24.4 Å². The summed E-state index contributed by atoms with van der Waals surface area (Å²) in [6, 6.07) is 6.72. The first-order chi connectivity index (χ1) is 22.5. The van der Waals surface area contributed by atoms with Crippen molar-refractivity contribution in [2.75, 3.05) is 0 Å². The number of carboxylic acids is 1. The predicted molar refractivity (Wildman–Crippen MR) is 171 cm³/mol. The van der Waals surface area contributed by atoms with E-state index in [2.05, 4.69) is 0 Å². The lowest BCUT2D eigenvalue weighted by atomic mass is 9.94. The minimum atomic E-state index is -1.13. The van der Waals surface area contributed by atoms with Crippen LogP contribution in [0.2, 0.25) is 0 Å². The number of carbonyl (C=O) groups excluding carboxylic acids is 4. The number of hydrogen-bond donors (Lipinski definition) is 1. The van der Waals surface area contributed by atoms with Crippen LogP contribution in [-0.2, 0) is 24.0 Å². The van der Waals surface area contributed by atoms with E-state index >= 15 is 0 Å². The van der Waals surface area contributed by atoms with E-state index in [-0.39, 0.29) is 77.2 Å². The van der Waals surface area contributed by atoms with Gasteiger partial charge in [-0.2, -0.15) is 0 Å². The topological polar surface area (TPSA) is 173 Å². The molecule has 3 rings (SSSR count). The van der Waals surface area contributed by atoms with Crippen molar-refractivity contribution in [3.8, 4) is 34.3 Å². The van der Waals surface area contributed by atoms with Gasteiger partial charge in [-0.05, 0) is 38.2 Å². The highest BCUT2D eigenvalue weighted by molar-refractivity contribution is 5.92. The van der Waals surface area contributed by atoms with Gasteiger partial charge in [-0.3, -0.25) is 28.8 Å². The van der Waals surface area contributed by atoms with Crippen LogP contribution in [0.1, 0.15) is 104 Å². The standard InChI is InChI=1S/C35H40O12/c1-6-11-27(36)43-21-18-25(45-29(38)13-8-3)31-26(19-21)46-33(34(32(31)40)47-30(39)14-9-4)20-15-16-23(22(10-5)35(41)42)24(17-20)44-28(37)12-7-2/h15-19,22H,6-14H2,1-5H3,(H,41,42). The molecule has 47 heavy (non-hydrogen) atoms. The number of rotatable bonds is 16. The Balaban J connectivity index is 2.39. The largest absolute Gasteiger partial charge is 0.481 e. The second-order valence-electron chi connectivity index (χ2n) is 10.8. The Bertz CT molecular complexity index is 1700. The van der Waals surface area contributed by atoms with Crippen LogP contribution in [0.5, 0.6) is 23.0 Å². The fraction of sp³-hybridized carbons (Fsp3) is 0.429. The predicted octanol–water partition coefficient (Wildman–Crippen LogP) is 6.86. The Kier molecular flexibility index (Phi) is 13.2. The van der Waals surface area contributed by atoms with Crippen LogP contribution in [0, 0.1) is 0 Å². The van der Waals surface area contributed by atoms with Gasteiger partial charge >= 0.3 is 29.8 Å². The molecule has 12 nitrogen and oxygen atoms in total. The van der Waals surface area contributed by atoms with Gasteiger partial charge in [0.05, 0.1) is 5.92 Å². The van der Waals surface area contributed by atoms with Gasteiger partial charge < -0.3 is 28.5 Å². The lowest BCUT2D eigenvalue weighted by Crippen LogP contribution is -2.18. The smallest absolute Gasteiger partial charge is 0.311 e. The number of fused-ring (bicyclic) bond motifs is 1. The average Bonchev–Trinajstić information content (AvgIpc) is 2.99. The number of aliphatic carboxylic acids is 1. The van der Waals surface area contributed by atoms with Crippen LogP contribution >= 0.6 is 0 Å². The zero-order valence-electron chi connectivity index (χ0n) is 27.3. The summed E-state index contributed by atoms with van der Waals surface area (Å²) in [5, 5.41) is 9.60. The molecular formula is C35H40O12. The lowest BCUT2D eigenvalue weighted by molar-refractivity contribution is -0.139. The minimum absolute atomic E-state index is 0.0306. The highest BCUT2D eigenvalue weighted by atomic mass is 16.6. The number of esters is 4. The van der Waals surface area contributed by atoms with Crippen LogP contribution in [0.25, 0.3) is 22.3 Å². The third-order valence-electron chi connectivity index (χ3n) is 6.96. The lowest BCUT2D eigenvalue weighted by Gasteiger charge is -2.18. The fourth-order valence-electron chi connectivity index (χ4n) is 4.76. The first-order valence-corrected chi connectivity index (χ1v) is 15.8. The summed E-state index contributed by atoms with van der Waals surface area (Å²) >= 11 is 0. The fourth-order valence-corrected chi connectivity index (χ4v) is 4.76. The molecule has 1 heterocycles. The summed E-state index contributed by atoms with van der Waals surface area (Å²) in [4.78, 5) is 76.3. The van der Waals surface area contributed by atoms with Crippen molar-refractivity contribution in [2.45, 2.75) is 98.3 Å². The molecule has 0 amide bonds. The number of benzene rings is 2. The molecule has 1 N–H and O–H groups in total. The van der Waals surface area contributed by atoms with Gasteiger partial charge in [-0.15, -0.1) is 0 Å². The number of carbonyl (C=O) groups is 5. The van der Waals surface area contributed by atoms with Crippen molar-refractivity contribution >= 4 is 40.8 Å². The molecule has 0 aliphatic carbocycles. The highest BCUT2D eigenvalue weighted by Crippen LogP contribution is 2.40. The molecule has 0 saturated heterocycles. The van der Waals surface area contributed by atoms with Gasteiger partial charge in [0, 0.05) is 48.9 Å². The first kappa shape index (κ1) is 36.5. The summed E-state index contributed by atoms with van der Waals surface area (Å²) in [6.45, 7) is 8.78. The molecule has 0 saturated carbocycles. The van der Waals surface area contributed by atoms with Crippen LogP contribution in [0.3, 0.4) is 0 Å². The maximum atomic E-state index is 14.1. The minimum Gasteiger partial charge on any atom is -0.481 e. The summed E-state index contributed by atoms with van der Waals surface area (Å²) < 4.78 is 28.2. The van der Waals surface area contributed by atoms with Crippen molar-refractivity contribution < 1.29 is 52.4 Å². The molecule has 1 unspecified atom stereocenters. The van der Waals surface area contributed by atoms with E-state index in [0.717, 1.165) is 0 Å². The molecule has 0 fully saturated rings. The molecule has 12 heteroatoms. The average molecular weight is 653 g/mol. The maximum Gasteiger partial charge on any atom is 0.311 e. The second kappa shape index (κ2) is 17.1. The van der Waals surface area contributed by atoms with Crippen LogP contribution in [0.4, 0.5) is 0 Å². The number of ether oxygens (including phenoxy) is 4. The number of carboxylic acid groups (broad SMARTS) is 1. The Labute approximate surface area is 271 Å². The van der Waals surface area contributed by atoms with Gasteiger partial charge in [0.15, 0.2) is 5.76 Å². The highest BCUT2D eigenvalue weighted by Gasteiger charge is 2.28. The zero-order valence-corrected chi connectivity index (χ0v) is 27.3. The summed E-state index contributed by atoms with van der Waals surface area (Å²) in [6.07, 6.45) is 2.23. The van der Waals surface area contributed by atoms with Gasteiger partial charge in [0.1, 0.15) is 28.2 Å². The van der Waals surface area contributed by atoms with E-state index in [0.29, 0.717) is 25.7 Å². The number of hydrogen-bond acceptors (Lipinski definition) is 11. The SMILES string of the molecule is CCCC(=O)Oc1cc(OC(=O)CCC)c2c(=O)c(OC(=O)CCC)c(-c3ccc(C(CC)C(=O)O)c(OC(=O)CCC)c3)oc2c1. The molecule has 0 radical (unpaired) electrons. The Morgan fingerprint density at radius 3 is 1.77 bits per heavy atom. The molecule has 2 aromatic carbocycles. The quantitative estimate of drug-likeness (QED) is 0.126. The maximum absolute atomic E-state index is 14.1. The third-order valence-corrected chi connectivity index (χ3v) is 6.96. The molecule has 0 aliphatic rings. The Hall–Kier alpha value is -5.00. The summed E-state index contributed by atoms with van der Waals surface area (Å²) in [5.74, 6) is -5.87. The van der Waals surface area contributed by atoms with Gasteiger partial charge in [-0.1, -0.05) is 46.8 Å². The molecule has 0 spiro atoms.